The van der Waals surface area contributed by atoms with Crippen molar-refractivity contribution in [3.8, 4) is 5.75 Å². The van der Waals surface area contributed by atoms with Crippen LogP contribution < -0.4 is 10.1 Å². The zero-order valence-corrected chi connectivity index (χ0v) is 12.4. The van der Waals surface area contributed by atoms with Gasteiger partial charge in [-0.1, -0.05) is 12.1 Å². The van der Waals surface area contributed by atoms with Gasteiger partial charge in [0.25, 0.3) is 5.91 Å². The Labute approximate surface area is 122 Å². The number of para-hydroxylation sites is 1. The van der Waals surface area contributed by atoms with Crippen LogP contribution in [0.25, 0.3) is 0 Å². The summed E-state index contributed by atoms with van der Waals surface area (Å²) >= 11 is 1.54. The summed E-state index contributed by atoms with van der Waals surface area (Å²) in [5.74, 6) is -0.324. The van der Waals surface area contributed by atoms with Gasteiger partial charge in [0.15, 0.2) is 0 Å². The van der Waals surface area contributed by atoms with Crippen LogP contribution in [-0.4, -0.2) is 41.6 Å². The van der Waals surface area contributed by atoms with Gasteiger partial charge in [0.1, 0.15) is 11.8 Å². The molecule has 0 spiro atoms. The van der Waals surface area contributed by atoms with E-state index in [1.165, 1.54) is 0 Å². The van der Waals surface area contributed by atoms with Crippen molar-refractivity contribution in [2.75, 3.05) is 18.6 Å². The molecule has 0 radical (unpaired) electrons. The highest BCUT2D eigenvalue weighted by atomic mass is 32.2. The topological polar surface area (TPSA) is 75.6 Å². The van der Waals surface area contributed by atoms with E-state index in [1.54, 1.807) is 36.0 Å². The molecule has 0 saturated carbocycles. The number of hydrogen-bond donors (Lipinski definition) is 2. The van der Waals surface area contributed by atoms with E-state index in [-0.39, 0.29) is 0 Å². The van der Waals surface area contributed by atoms with Gasteiger partial charge in [0.05, 0.1) is 12.2 Å². The van der Waals surface area contributed by atoms with Crippen molar-refractivity contribution in [1.82, 2.24) is 5.32 Å². The molecule has 0 aliphatic carbocycles. The Morgan fingerprint density at radius 3 is 2.70 bits per heavy atom. The van der Waals surface area contributed by atoms with Crippen molar-refractivity contribution in [3.05, 3.63) is 29.8 Å². The average molecular weight is 297 g/mol. The predicted molar refractivity (Wildman–Crippen MR) is 79.5 cm³/mol. The molecule has 0 saturated heterocycles. The Balaban J connectivity index is 2.80. The van der Waals surface area contributed by atoms with E-state index >= 15 is 0 Å². The Morgan fingerprint density at radius 2 is 2.10 bits per heavy atom. The van der Waals surface area contributed by atoms with Crippen LogP contribution in [0.1, 0.15) is 23.7 Å². The number of ether oxygens (including phenoxy) is 1. The van der Waals surface area contributed by atoms with Crippen LogP contribution in [0, 0.1) is 0 Å². The zero-order chi connectivity index (χ0) is 15.0. The van der Waals surface area contributed by atoms with E-state index in [0.29, 0.717) is 30.1 Å². The fourth-order valence-corrected chi connectivity index (χ4v) is 2.14. The third-order valence-corrected chi connectivity index (χ3v) is 3.29. The summed E-state index contributed by atoms with van der Waals surface area (Å²) in [5.41, 5.74) is 0.352. The zero-order valence-electron chi connectivity index (χ0n) is 11.6. The number of benzene rings is 1. The van der Waals surface area contributed by atoms with Crippen LogP contribution in [0.15, 0.2) is 24.3 Å². The summed E-state index contributed by atoms with van der Waals surface area (Å²) in [6.07, 6.45) is 2.28. The minimum Gasteiger partial charge on any atom is -0.493 e. The van der Waals surface area contributed by atoms with Crippen LogP contribution in [0.5, 0.6) is 5.75 Å². The smallest absolute Gasteiger partial charge is 0.326 e. The maximum Gasteiger partial charge on any atom is 0.326 e. The standard InChI is InChI=1S/C14H19NO4S/c1-3-19-12-7-5-4-6-10(12)13(16)15-11(14(17)18)8-9-20-2/h4-7,11H,3,8-9H2,1-2H3,(H,15,16)(H,17,18)/t11-/m0/s1. The summed E-state index contributed by atoms with van der Waals surface area (Å²) in [4.78, 5) is 23.3. The molecular weight excluding hydrogens is 278 g/mol. The van der Waals surface area contributed by atoms with E-state index in [9.17, 15) is 9.59 Å². The van der Waals surface area contributed by atoms with Crippen molar-refractivity contribution >= 4 is 23.6 Å². The molecule has 0 aliphatic rings. The molecule has 0 aromatic heterocycles. The molecule has 20 heavy (non-hydrogen) atoms. The number of thioether (sulfide) groups is 1. The lowest BCUT2D eigenvalue weighted by atomic mass is 10.1. The lowest BCUT2D eigenvalue weighted by Gasteiger charge is -2.15. The number of carbonyl (C=O) groups excluding carboxylic acids is 1. The summed E-state index contributed by atoms with van der Waals surface area (Å²) in [7, 11) is 0. The summed E-state index contributed by atoms with van der Waals surface area (Å²) < 4.78 is 5.37. The summed E-state index contributed by atoms with van der Waals surface area (Å²) in [6.45, 7) is 2.27. The molecule has 1 aromatic rings. The van der Waals surface area contributed by atoms with E-state index in [1.807, 2.05) is 13.2 Å². The number of hydrogen-bond acceptors (Lipinski definition) is 4. The van der Waals surface area contributed by atoms with Crippen LogP contribution in [0.3, 0.4) is 0 Å². The first-order valence-electron chi connectivity index (χ1n) is 6.34. The number of amides is 1. The molecule has 1 aromatic carbocycles. The second-order valence-electron chi connectivity index (χ2n) is 4.07. The Hall–Kier alpha value is -1.69. The van der Waals surface area contributed by atoms with Crippen molar-refractivity contribution < 1.29 is 19.4 Å². The normalized spacial score (nSPS) is 11.7. The second-order valence-corrected chi connectivity index (χ2v) is 5.06. The molecule has 1 amide bonds. The van der Waals surface area contributed by atoms with Crippen LogP contribution in [-0.2, 0) is 4.79 Å². The average Bonchev–Trinajstić information content (AvgIpc) is 2.43. The van der Waals surface area contributed by atoms with Crippen LogP contribution >= 0.6 is 11.8 Å². The monoisotopic (exact) mass is 297 g/mol. The molecule has 0 bridgehead atoms. The minimum atomic E-state index is -1.03. The molecule has 110 valence electrons. The molecule has 5 nitrogen and oxygen atoms in total. The summed E-state index contributed by atoms with van der Waals surface area (Å²) in [6, 6.07) is 5.91. The highest BCUT2D eigenvalue weighted by Crippen LogP contribution is 2.18. The first-order valence-corrected chi connectivity index (χ1v) is 7.74. The van der Waals surface area contributed by atoms with Gasteiger partial charge in [-0.3, -0.25) is 4.79 Å². The van der Waals surface area contributed by atoms with E-state index < -0.39 is 17.9 Å². The van der Waals surface area contributed by atoms with Crippen LogP contribution in [0.4, 0.5) is 0 Å². The van der Waals surface area contributed by atoms with Gasteiger partial charge in [-0.15, -0.1) is 0 Å². The lowest BCUT2D eigenvalue weighted by Crippen LogP contribution is -2.41. The third-order valence-electron chi connectivity index (χ3n) is 2.65. The number of nitrogens with one attached hydrogen (secondary N) is 1. The SMILES string of the molecule is CCOc1ccccc1C(=O)N[C@@H](CCSC)C(=O)O. The molecule has 0 heterocycles. The van der Waals surface area contributed by atoms with Gasteiger partial charge < -0.3 is 15.2 Å². The Morgan fingerprint density at radius 1 is 1.40 bits per heavy atom. The molecule has 0 fully saturated rings. The molecule has 2 N–H and O–H groups in total. The first-order chi connectivity index (χ1) is 9.60. The van der Waals surface area contributed by atoms with Gasteiger partial charge in [-0.25, -0.2) is 4.79 Å². The lowest BCUT2D eigenvalue weighted by molar-refractivity contribution is -0.139. The van der Waals surface area contributed by atoms with E-state index in [4.69, 9.17) is 9.84 Å². The van der Waals surface area contributed by atoms with E-state index in [2.05, 4.69) is 5.32 Å². The third kappa shape index (κ3) is 4.77. The summed E-state index contributed by atoms with van der Waals surface area (Å²) in [5, 5.41) is 11.6. The van der Waals surface area contributed by atoms with Gasteiger partial charge in [0, 0.05) is 0 Å². The van der Waals surface area contributed by atoms with Gasteiger partial charge in [0.2, 0.25) is 0 Å². The quantitative estimate of drug-likeness (QED) is 0.768. The number of rotatable bonds is 8. The van der Waals surface area contributed by atoms with Gasteiger partial charge in [-0.05, 0) is 37.5 Å². The van der Waals surface area contributed by atoms with E-state index in [0.717, 1.165) is 0 Å². The van der Waals surface area contributed by atoms with Crippen molar-refractivity contribution in [1.29, 1.82) is 0 Å². The molecular formula is C14H19NO4S. The first kappa shape index (κ1) is 16.4. The largest absolute Gasteiger partial charge is 0.493 e. The van der Waals surface area contributed by atoms with Gasteiger partial charge in [-0.2, -0.15) is 11.8 Å². The molecule has 6 heteroatoms. The van der Waals surface area contributed by atoms with Crippen molar-refractivity contribution in [2.45, 2.75) is 19.4 Å². The number of carboxylic acids is 1. The number of aliphatic carboxylic acids is 1. The van der Waals surface area contributed by atoms with Crippen LogP contribution in [0.2, 0.25) is 0 Å². The number of carboxylic acid groups (broad SMARTS) is 1. The fourth-order valence-electron chi connectivity index (χ4n) is 1.66. The predicted octanol–water partition coefficient (Wildman–Crippen LogP) is 2.02. The van der Waals surface area contributed by atoms with Gasteiger partial charge >= 0.3 is 5.97 Å². The van der Waals surface area contributed by atoms with Crippen molar-refractivity contribution in [2.24, 2.45) is 0 Å². The fraction of sp³-hybridized carbons (Fsp3) is 0.429. The molecule has 0 unspecified atom stereocenters. The maximum atomic E-state index is 12.2. The Kier molecular flexibility index (Phi) is 6.93. The highest BCUT2D eigenvalue weighted by Gasteiger charge is 2.21. The maximum absolute atomic E-state index is 12.2. The minimum absolute atomic E-state index is 0.352. The highest BCUT2D eigenvalue weighted by molar-refractivity contribution is 7.98. The molecule has 1 atom stereocenters. The second kappa shape index (κ2) is 8.47. The number of carbonyl (C=O) groups is 2. The molecule has 0 aliphatic heterocycles. The molecule has 1 rings (SSSR count). The Bertz CT molecular complexity index is 464. The van der Waals surface area contributed by atoms with Crippen molar-refractivity contribution in [3.63, 3.8) is 0 Å².